The lowest BCUT2D eigenvalue weighted by atomic mass is 9.73. The third kappa shape index (κ3) is 1.52. The minimum Gasteiger partial charge on any atom is -0.484 e. The van der Waals surface area contributed by atoms with E-state index >= 15 is 0 Å². The van der Waals surface area contributed by atoms with E-state index in [4.69, 9.17) is 4.74 Å². The van der Waals surface area contributed by atoms with E-state index in [0.29, 0.717) is 6.42 Å². The Morgan fingerprint density at radius 1 is 1.35 bits per heavy atom. The molecule has 90 valence electrons. The van der Waals surface area contributed by atoms with Crippen molar-refractivity contribution < 1.29 is 13.5 Å². The molecule has 0 bridgehead atoms. The highest BCUT2D eigenvalue weighted by Crippen LogP contribution is 2.50. The Morgan fingerprint density at radius 3 is 2.71 bits per heavy atom. The van der Waals surface area contributed by atoms with E-state index in [1.165, 1.54) is 0 Å². The molecule has 1 heterocycles. The average Bonchev–Trinajstić information content (AvgIpc) is 2.26. The summed E-state index contributed by atoms with van der Waals surface area (Å²) in [6, 6.07) is 1.21. The first-order chi connectivity index (χ1) is 8.13. The SMILES string of the molecule is O=NC1CC2(CCC2)Oc2c(F)cc(F)cc21. The fourth-order valence-corrected chi connectivity index (χ4v) is 2.63. The normalized spacial score (nSPS) is 24.7. The van der Waals surface area contributed by atoms with Crippen molar-refractivity contribution in [3.8, 4) is 5.75 Å². The number of hydrogen-bond donors (Lipinski definition) is 0. The van der Waals surface area contributed by atoms with Crippen LogP contribution in [0.5, 0.6) is 5.75 Å². The zero-order chi connectivity index (χ0) is 12.0. The molecule has 2 aliphatic rings. The lowest BCUT2D eigenvalue weighted by Gasteiger charge is -2.46. The van der Waals surface area contributed by atoms with Gasteiger partial charge in [-0.15, -0.1) is 0 Å². The zero-order valence-corrected chi connectivity index (χ0v) is 9.08. The molecule has 1 aliphatic carbocycles. The highest BCUT2D eigenvalue weighted by molar-refractivity contribution is 5.41. The number of ether oxygens (including phenoxy) is 1. The Morgan fingerprint density at radius 2 is 2.12 bits per heavy atom. The fourth-order valence-electron chi connectivity index (χ4n) is 2.63. The first kappa shape index (κ1) is 10.6. The summed E-state index contributed by atoms with van der Waals surface area (Å²) < 4.78 is 32.4. The van der Waals surface area contributed by atoms with E-state index in [9.17, 15) is 13.7 Å². The molecule has 1 spiro atoms. The maximum Gasteiger partial charge on any atom is 0.168 e. The molecule has 0 amide bonds. The molecule has 1 saturated carbocycles. The monoisotopic (exact) mass is 239 g/mol. The van der Waals surface area contributed by atoms with Crippen molar-refractivity contribution in [1.29, 1.82) is 0 Å². The van der Waals surface area contributed by atoms with Gasteiger partial charge in [0.25, 0.3) is 0 Å². The van der Waals surface area contributed by atoms with Gasteiger partial charge in [-0.25, -0.2) is 8.78 Å². The van der Waals surface area contributed by atoms with Gasteiger partial charge in [0, 0.05) is 18.1 Å². The summed E-state index contributed by atoms with van der Waals surface area (Å²) >= 11 is 0. The predicted octanol–water partition coefficient (Wildman–Crippen LogP) is 3.48. The molecule has 1 aromatic carbocycles. The summed E-state index contributed by atoms with van der Waals surface area (Å²) in [5.74, 6) is -1.45. The van der Waals surface area contributed by atoms with Crippen LogP contribution in [0.25, 0.3) is 0 Å². The van der Waals surface area contributed by atoms with Crippen molar-refractivity contribution >= 4 is 0 Å². The van der Waals surface area contributed by atoms with Crippen LogP contribution >= 0.6 is 0 Å². The van der Waals surface area contributed by atoms with Gasteiger partial charge in [-0.1, -0.05) is 5.18 Å². The summed E-state index contributed by atoms with van der Waals surface area (Å²) in [6.07, 6.45) is 3.03. The number of hydrogen-bond acceptors (Lipinski definition) is 3. The molecule has 1 atom stereocenters. The highest BCUT2D eigenvalue weighted by atomic mass is 19.1. The quantitative estimate of drug-likeness (QED) is 0.704. The lowest BCUT2D eigenvalue weighted by molar-refractivity contribution is -0.0361. The number of fused-ring (bicyclic) bond motifs is 1. The van der Waals surface area contributed by atoms with Crippen LogP contribution < -0.4 is 4.74 Å². The molecule has 3 rings (SSSR count). The van der Waals surface area contributed by atoms with Gasteiger partial charge in [0.1, 0.15) is 17.5 Å². The van der Waals surface area contributed by atoms with E-state index in [2.05, 4.69) is 5.18 Å². The van der Waals surface area contributed by atoms with Gasteiger partial charge in [-0.3, -0.25) is 0 Å². The van der Waals surface area contributed by atoms with Crippen LogP contribution in [0.15, 0.2) is 17.3 Å². The summed E-state index contributed by atoms with van der Waals surface area (Å²) in [5.41, 5.74) is -0.223. The van der Waals surface area contributed by atoms with Crippen molar-refractivity contribution in [2.24, 2.45) is 5.18 Å². The van der Waals surface area contributed by atoms with E-state index in [1.807, 2.05) is 0 Å². The van der Waals surface area contributed by atoms with E-state index < -0.39 is 23.3 Å². The van der Waals surface area contributed by atoms with Gasteiger partial charge in [0.2, 0.25) is 0 Å². The van der Waals surface area contributed by atoms with Gasteiger partial charge >= 0.3 is 0 Å². The topological polar surface area (TPSA) is 38.7 Å². The first-order valence-corrected chi connectivity index (χ1v) is 5.64. The highest BCUT2D eigenvalue weighted by Gasteiger charge is 2.47. The van der Waals surface area contributed by atoms with Crippen LogP contribution in [0, 0.1) is 16.5 Å². The molecule has 0 N–H and O–H groups in total. The minimum atomic E-state index is -0.750. The molecule has 0 saturated heterocycles. The third-order valence-corrected chi connectivity index (χ3v) is 3.67. The third-order valence-electron chi connectivity index (χ3n) is 3.67. The van der Waals surface area contributed by atoms with E-state index in [-0.39, 0.29) is 11.3 Å². The second kappa shape index (κ2) is 3.48. The van der Waals surface area contributed by atoms with Crippen LogP contribution in [-0.2, 0) is 0 Å². The number of benzene rings is 1. The van der Waals surface area contributed by atoms with E-state index in [1.54, 1.807) is 0 Å². The van der Waals surface area contributed by atoms with Crippen molar-refractivity contribution in [2.75, 3.05) is 0 Å². The predicted molar refractivity (Wildman–Crippen MR) is 56.7 cm³/mol. The molecule has 5 heteroatoms. The van der Waals surface area contributed by atoms with E-state index in [0.717, 1.165) is 31.4 Å². The van der Waals surface area contributed by atoms with Crippen molar-refractivity contribution in [3.63, 3.8) is 0 Å². The first-order valence-electron chi connectivity index (χ1n) is 5.64. The van der Waals surface area contributed by atoms with Gasteiger partial charge in [0.15, 0.2) is 11.6 Å². The maximum atomic E-state index is 13.6. The molecule has 0 radical (unpaired) electrons. The summed E-state index contributed by atoms with van der Waals surface area (Å²) in [5, 5.41) is 2.99. The van der Waals surface area contributed by atoms with Crippen molar-refractivity contribution in [2.45, 2.75) is 37.3 Å². The van der Waals surface area contributed by atoms with Gasteiger partial charge in [-0.05, 0) is 25.3 Å². The Labute approximate surface area is 96.7 Å². The Balaban J connectivity index is 2.10. The average molecular weight is 239 g/mol. The minimum absolute atomic E-state index is 0.00181. The summed E-state index contributed by atoms with van der Waals surface area (Å²) in [4.78, 5) is 10.8. The smallest absolute Gasteiger partial charge is 0.168 e. The number of halogens is 2. The van der Waals surface area contributed by atoms with Gasteiger partial charge in [-0.2, -0.15) is 4.91 Å². The van der Waals surface area contributed by atoms with Gasteiger partial charge in [0.05, 0.1) is 0 Å². The maximum absolute atomic E-state index is 13.6. The molecule has 17 heavy (non-hydrogen) atoms. The molecule has 0 aromatic heterocycles. The molecule has 1 aliphatic heterocycles. The number of rotatable bonds is 1. The van der Waals surface area contributed by atoms with Crippen LogP contribution in [-0.4, -0.2) is 5.60 Å². The molecule has 1 fully saturated rings. The van der Waals surface area contributed by atoms with Crippen molar-refractivity contribution in [3.05, 3.63) is 34.2 Å². The molecule has 3 nitrogen and oxygen atoms in total. The Bertz CT molecular complexity index is 486. The van der Waals surface area contributed by atoms with Crippen molar-refractivity contribution in [1.82, 2.24) is 0 Å². The number of nitrogens with zero attached hydrogens (tertiary/aromatic N) is 1. The largest absolute Gasteiger partial charge is 0.484 e. The lowest BCUT2D eigenvalue weighted by Crippen LogP contribution is -2.47. The Kier molecular flexibility index (Phi) is 2.18. The second-order valence-electron chi connectivity index (χ2n) is 4.77. The Hall–Kier alpha value is -1.52. The van der Waals surface area contributed by atoms with Crippen LogP contribution in [0.2, 0.25) is 0 Å². The fraction of sp³-hybridized carbons (Fsp3) is 0.500. The molecule has 1 unspecified atom stereocenters. The molecular weight excluding hydrogens is 228 g/mol. The zero-order valence-electron chi connectivity index (χ0n) is 9.08. The van der Waals surface area contributed by atoms with Gasteiger partial charge < -0.3 is 4.74 Å². The molecule has 1 aromatic rings. The summed E-state index contributed by atoms with van der Waals surface area (Å²) in [6.45, 7) is 0. The van der Waals surface area contributed by atoms with Crippen LogP contribution in [0.3, 0.4) is 0 Å². The molecular formula is C12H11F2NO2. The summed E-state index contributed by atoms with van der Waals surface area (Å²) in [7, 11) is 0. The standard InChI is InChI=1S/C12H11F2NO2/c13-7-4-8-10(15-16)6-12(2-1-3-12)17-11(8)9(14)5-7/h4-5,10H,1-3,6H2. The number of nitroso groups, excluding NO2 is 1. The van der Waals surface area contributed by atoms with Crippen LogP contribution in [0.4, 0.5) is 8.78 Å². The second-order valence-corrected chi connectivity index (χ2v) is 4.77. The van der Waals surface area contributed by atoms with Crippen LogP contribution in [0.1, 0.15) is 37.3 Å².